The maximum Gasteiger partial charge on any atom is 0.293 e. The van der Waals surface area contributed by atoms with E-state index in [0.717, 1.165) is 30.2 Å². The Morgan fingerprint density at radius 3 is 2.58 bits per heavy atom. The van der Waals surface area contributed by atoms with Crippen molar-refractivity contribution < 1.29 is 9.59 Å². The third-order valence-electron chi connectivity index (χ3n) is 3.71. The highest BCUT2D eigenvalue weighted by Crippen LogP contribution is 2.32. The number of rotatable bonds is 5. The van der Waals surface area contributed by atoms with E-state index in [0.29, 0.717) is 16.5 Å². The molecule has 0 aliphatic carbocycles. The van der Waals surface area contributed by atoms with Crippen molar-refractivity contribution >= 4 is 40.6 Å². The van der Waals surface area contributed by atoms with Crippen LogP contribution >= 0.6 is 23.4 Å². The van der Waals surface area contributed by atoms with Gasteiger partial charge in [0, 0.05) is 11.6 Å². The van der Waals surface area contributed by atoms with Crippen molar-refractivity contribution in [3.8, 4) is 0 Å². The Morgan fingerprint density at radius 2 is 1.83 bits per heavy atom. The topological polar surface area (TPSA) is 37.4 Å². The lowest BCUT2D eigenvalue weighted by Crippen LogP contribution is -2.29. The van der Waals surface area contributed by atoms with Crippen LogP contribution in [0.1, 0.15) is 17.5 Å². The van der Waals surface area contributed by atoms with Crippen LogP contribution in [-0.4, -0.2) is 22.6 Å². The molecular formula is C19H16ClNO2S. The molecule has 0 aromatic heterocycles. The molecule has 24 heavy (non-hydrogen) atoms. The van der Waals surface area contributed by atoms with Crippen molar-refractivity contribution in [2.45, 2.75) is 12.8 Å². The third-order valence-corrected chi connectivity index (χ3v) is 4.85. The zero-order valence-corrected chi connectivity index (χ0v) is 14.5. The van der Waals surface area contributed by atoms with Gasteiger partial charge < -0.3 is 0 Å². The summed E-state index contributed by atoms with van der Waals surface area (Å²) in [7, 11) is 0. The zero-order chi connectivity index (χ0) is 16.9. The van der Waals surface area contributed by atoms with Crippen LogP contribution < -0.4 is 0 Å². The smallest absolute Gasteiger partial charge is 0.268 e. The molecule has 1 aliphatic heterocycles. The molecule has 0 spiro atoms. The lowest BCUT2D eigenvalue weighted by atomic mass is 10.1. The van der Waals surface area contributed by atoms with Crippen LogP contribution in [0.25, 0.3) is 6.08 Å². The molecule has 2 aromatic carbocycles. The molecular weight excluding hydrogens is 342 g/mol. The van der Waals surface area contributed by atoms with Gasteiger partial charge in [0.1, 0.15) is 0 Å². The molecule has 1 fully saturated rings. The van der Waals surface area contributed by atoms with Crippen LogP contribution in [0.2, 0.25) is 5.02 Å². The number of amides is 2. The van der Waals surface area contributed by atoms with E-state index < -0.39 is 0 Å². The summed E-state index contributed by atoms with van der Waals surface area (Å²) in [6, 6.07) is 17.3. The summed E-state index contributed by atoms with van der Waals surface area (Å²) in [5.74, 6) is -0.224. The van der Waals surface area contributed by atoms with E-state index in [1.165, 1.54) is 10.5 Å². The SMILES string of the molecule is O=C1S/C(=C/c2cccc(Cl)c2)C(=O)N1CCCc1ccccc1. The second kappa shape index (κ2) is 7.69. The minimum Gasteiger partial charge on any atom is -0.268 e. The lowest BCUT2D eigenvalue weighted by molar-refractivity contribution is -0.122. The van der Waals surface area contributed by atoms with Crippen molar-refractivity contribution in [3.63, 3.8) is 0 Å². The van der Waals surface area contributed by atoms with E-state index in [1.54, 1.807) is 18.2 Å². The molecule has 0 N–H and O–H groups in total. The predicted octanol–water partition coefficient (Wildman–Crippen LogP) is 5.01. The predicted molar refractivity (Wildman–Crippen MR) is 98.9 cm³/mol. The summed E-state index contributed by atoms with van der Waals surface area (Å²) in [5.41, 5.74) is 2.02. The van der Waals surface area contributed by atoms with Crippen molar-refractivity contribution in [2.75, 3.05) is 6.54 Å². The van der Waals surface area contributed by atoms with E-state index >= 15 is 0 Å². The summed E-state index contributed by atoms with van der Waals surface area (Å²) in [4.78, 5) is 26.3. The number of nitrogens with zero attached hydrogens (tertiary/aromatic N) is 1. The molecule has 122 valence electrons. The summed E-state index contributed by atoms with van der Waals surface area (Å²) in [5, 5.41) is 0.396. The first-order valence-electron chi connectivity index (χ1n) is 7.68. The highest BCUT2D eigenvalue weighted by atomic mass is 35.5. The summed E-state index contributed by atoms with van der Waals surface area (Å²) >= 11 is 6.94. The van der Waals surface area contributed by atoms with Gasteiger partial charge in [-0.1, -0.05) is 54.1 Å². The molecule has 0 saturated carbocycles. The van der Waals surface area contributed by atoms with E-state index in [2.05, 4.69) is 0 Å². The van der Waals surface area contributed by atoms with Crippen LogP contribution in [0.3, 0.4) is 0 Å². The van der Waals surface area contributed by atoms with Crippen LogP contribution in [-0.2, 0) is 11.2 Å². The van der Waals surface area contributed by atoms with Gasteiger partial charge in [-0.25, -0.2) is 0 Å². The van der Waals surface area contributed by atoms with E-state index in [-0.39, 0.29) is 11.1 Å². The Bertz CT molecular complexity index is 789. The molecule has 5 heteroatoms. The number of aryl methyl sites for hydroxylation is 1. The highest BCUT2D eigenvalue weighted by molar-refractivity contribution is 8.18. The minimum atomic E-state index is -0.224. The van der Waals surface area contributed by atoms with Crippen LogP contribution in [0.15, 0.2) is 59.5 Å². The van der Waals surface area contributed by atoms with Crippen molar-refractivity contribution in [1.82, 2.24) is 4.90 Å². The number of hydrogen-bond donors (Lipinski definition) is 0. The molecule has 1 saturated heterocycles. The maximum atomic E-state index is 12.4. The Morgan fingerprint density at radius 1 is 1.04 bits per heavy atom. The fraction of sp³-hybridized carbons (Fsp3) is 0.158. The van der Waals surface area contributed by atoms with E-state index in [4.69, 9.17) is 11.6 Å². The molecule has 3 rings (SSSR count). The highest BCUT2D eigenvalue weighted by Gasteiger charge is 2.34. The number of thioether (sulfide) groups is 1. The number of carbonyl (C=O) groups excluding carboxylic acids is 2. The summed E-state index contributed by atoms with van der Waals surface area (Å²) in [6.45, 7) is 0.437. The van der Waals surface area contributed by atoms with Crippen LogP contribution in [0.5, 0.6) is 0 Å². The first kappa shape index (κ1) is 16.8. The molecule has 1 aliphatic rings. The third kappa shape index (κ3) is 4.08. The van der Waals surface area contributed by atoms with Gasteiger partial charge in [0.15, 0.2) is 0 Å². The number of imide groups is 1. The van der Waals surface area contributed by atoms with E-state index in [9.17, 15) is 9.59 Å². The standard InChI is InChI=1S/C19H16ClNO2S/c20-16-10-4-8-15(12-16)13-17-18(22)21(19(23)24-17)11-5-9-14-6-2-1-3-7-14/h1-4,6-8,10,12-13H,5,9,11H2/b17-13+. The number of halogens is 1. The van der Waals surface area contributed by atoms with Crippen LogP contribution in [0, 0.1) is 0 Å². The summed E-state index contributed by atoms with van der Waals surface area (Å²) < 4.78 is 0. The van der Waals surface area contributed by atoms with E-state index in [1.807, 2.05) is 42.5 Å². The second-order valence-electron chi connectivity index (χ2n) is 5.48. The Labute approximate surface area is 150 Å². The molecule has 0 atom stereocenters. The quantitative estimate of drug-likeness (QED) is 0.706. The fourth-order valence-corrected chi connectivity index (χ4v) is 3.59. The van der Waals surface area contributed by atoms with Gasteiger partial charge in [0.2, 0.25) is 0 Å². The second-order valence-corrected chi connectivity index (χ2v) is 6.91. The van der Waals surface area contributed by atoms with Gasteiger partial charge in [-0.3, -0.25) is 14.5 Å². The number of carbonyl (C=O) groups is 2. The zero-order valence-electron chi connectivity index (χ0n) is 12.9. The molecule has 1 heterocycles. The molecule has 0 radical (unpaired) electrons. The average molecular weight is 358 g/mol. The molecule has 2 aromatic rings. The Balaban J connectivity index is 1.63. The van der Waals surface area contributed by atoms with Crippen molar-refractivity contribution in [2.24, 2.45) is 0 Å². The lowest BCUT2D eigenvalue weighted by Gasteiger charge is -2.12. The Hall–Kier alpha value is -2.04. The van der Waals surface area contributed by atoms with Crippen molar-refractivity contribution in [1.29, 1.82) is 0 Å². The monoisotopic (exact) mass is 357 g/mol. The average Bonchev–Trinajstić information content (AvgIpc) is 2.83. The maximum absolute atomic E-state index is 12.4. The largest absolute Gasteiger partial charge is 0.293 e. The normalized spacial score (nSPS) is 16.2. The van der Waals surface area contributed by atoms with Gasteiger partial charge in [-0.2, -0.15) is 0 Å². The fourth-order valence-electron chi connectivity index (χ4n) is 2.53. The number of hydrogen-bond acceptors (Lipinski definition) is 3. The van der Waals surface area contributed by atoms with Crippen molar-refractivity contribution in [3.05, 3.63) is 75.7 Å². The van der Waals surface area contributed by atoms with Crippen LogP contribution in [0.4, 0.5) is 4.79 Å². The van der Waals surface area contributed by atoms with Gasteiger partial charge in [-0.05, 0) is 53.9 Å². The summed E-state index contributed by atoms with van der Waals surface area (Å²) in [6.07, 6.45) is 3.32. The molecule has 3 nitrogen and oxygen atoms in total. The minimum absolute atomic E-state index is 0.207. The molecule has 0 bridgehead atoms. The van der Waals surface area contributed by atoms with Gasteiger partial charge in [0.05, 0.1) is 4.91 Å². The first-order valence-corrected chi connectivity index (χ1v) is 8.88. The number of benzene rings is 2. The molecule has 2 amide bonds. The van der Waals surface area contributed by atoms with Gasteiger partial charge in [0.25, 0.3) is 11.1 Å². The Kier molecular flexibility index (Phi) is 5.38. The first-order chi connectivity index (χ1) is 11.6. The molecule has 0 unspecified atom stereocenters. The van der Waals surface area contributed by atoms with Gasteiger partial charge >= 0.3 is 0 Å². The van der Waals surface area contributed by atoms with Gasteiger partial charge in [-0.15, -0.1) is 0 Å².